The van der Waals surface area contributed by atoms with E-state index in [1.807, 2.05) is 5.38 Å². The highest BCUT2D eigenvalue weighted by Gasteiger charge is 2.03. The molecule has 0 atom stereocenters. The summed E-state index contributed by atoms with van der Waals surface area (Å²) in [6.45, 7) is 4.18. The number of carbonyl (C=O) groups is 1. The number of hydrogen-bond donors (Lipinski definition) is 1. The Labute approximate surface area is 87.1 Å². The molecule has 0 radical (unpaired) electrons. The summed E-state index contributed by atoms with van der Waals surface area (Å²) >= 11 is 1.57. The molecule has 1 aromatic rings. The summed E-state index contributed by atoms with van der Waals surface area (Å²) in [5.41, 5.74) is 1.08. The molecule has 0 bridgehead atoms. The standard InChI is InChI=1S/C10H13NO2S/c1-7(2)8-6-14-9(11-8)4-3-5-10(12)13/h3,5-7H,4H2,1-2H3,(H,12,13)/b5-3+. The monoisotopic (exact) mass is 211 g/mol. The van der Waals surface area contributed by atoms with Gasteiger partial charge in [0, 0.05) is 17.9 Å². The van der Waals surface area contributed by atoms with E-state index in [0.29, 0.717) is 12.3 Å². The third kappa shape index (κ3) is 3.30. The first-order chi connectivity index (χ1) is 6.59. The second-order valence-corrected chi connectivity index (χ2v) is 4.21. The molecule has 0 fully saturated rings. The Hall–Kier alpha value is -1.16. The van der Waals surface area contributed by atoms with Crippen LogP contribution in [0.1, 0.15) is 30.5 Å². The maximum Gasteiger partial charge on any atom is 0.327 e. The Morgan fingerprint density at radius 3 is 2.93 bits per heavy atom. The molecule has 3 nitrogen and oxygen atoms in total. The summed E-state index contributed by atoms with van der Waals surface area (Å²) in [6, 6.07) is 0. The van der Waals surface area contributed by atoms with Gasteiger partial charge in [0.1, 0.15) is 0 Å². The summed E-state index contributed by atoms with van der Waals surface area (Å²) in [4.78, 5) is 14.6. The lowest BCUT2D eigenvalue weighted by atomic mass is 10.2. The van der Waals surface area contributed by atoms with Gasteiger partial charge in [-0.3, -0.25) is 0 Å². The van der Waals surface area contributed by atoms with Crippen LogP contribution in [0.2, 0.25) is 0 Å². The molecule has 1 aromatic heterocycles. The van der Waals surface area contributed by atoms with Crippen LogP contribution in [0.25, 0.3) is 0 Å². The molecular formula is C10H13NO2S. The molecule has 0 saturated carbocycles. The highest BCUT2D eigenvalue weighted by molar-refractivity contribution is 7.09. The molecule has 0 aliphatic carbocycles. The number of aromatic nitrogens is 1. The van der Waals surface area contributed by atoms with E-state index in [9.17, 15) is 4.79 Å². The van der Waals surface area contributed by atoms with Crippen LogP contribution in [-0.4, -0.2) is 16.1 Å². The Morgan fingerprint density at radius 1 is 1.71 bits per heavy atom. The van der Waals surface area contributed by atoms with Crippen molar-refractivity contribution in [1.82, 2.24) is 4.98 Å². The number of rotatable bonds is 4. The maximum absolute atomic E-state index is 10.2. The zero-order valence-electron chi connectivity index (χ0n) is 8.23. The Kier molecular flexibility index (Phi) is 3.83. The largest absolute Gasteiger partial charge is 0.478 e. The second-order valence-electron chi connectivity index (χ2n) is 3.27. The third-order valence-electron chi connectivity index (χ3n) is 1.71. The molecule has 1 N–H and O–H groups in total. The fraction of sp³-hybridized carbons (Fsp3) is 0.400. The minimum atomic E-state index is -0.911. The number of aliphatic carboxylic acids is 1. The van der Waals surface area contributed by atoms with Gasteiger partial charge in [0.2, 0.25) is 0 Å². The van der Waals surface area contributed by atoms with Gasteiger partial charge in [-0.05, 0) is 5.92 Å². The molecule has 1 rings (SSSR count). The van der Waals surface area contributed by atoms with E-state index in [2.05, 4.69) is 18.8 Å². The molecule has 14 heavy (non-hydrogen) atoms. The van der Waals surface area contributed by atoms with E-state index in [1.54, 1.807) is 17.4 Å². The molecule has 0 aromatic carbocycles. The number of allylic oxidation sites excluding steroid dienone is 1. The number of carboxylic acid groups (broad SMARTS) is 1. The fourth-order valence-corrected chi connectivity index (χ4v) is 1.88. The maximum atomic E-state index is 10.2. The minimum Gasteiger partial charge on any atom is -0.478 e. The van der Waals surface area contributed by atoms with Crippen LogP contribution in [-0.2, 0) is 11.2 Å². The summed E-state index contributed by atoms with van der Waals surface area (Å²) in [7, 11) is 0. The van der Waals surface area contributed by atoms with Gasteiger partial charge in [0.25, 0.3) is 0 Å². The zero-order chi connectivity index (χ0) is 10.6. The lowest BCUT2D eigenvalue weighted by Crippen LogP contribution is -1.89. The van der Waals surface area contributed by atoms with Crippen LogP contribution in [0.3, 0.4) is 0 Å². The number of thiazole rings is 1. The van der Waals surface area contributed by atoms with Crippen molar-refractivity contribution < 1.29 is 9.90 Å². The highest BCUT2D eigenvalue weighted by Crippen LogP contribution is 2.18. The Morgan fingerprint density at radius 2 is 2.43 bits per heavy atom. The summed E-state index contributed by atoms with van der Waals surface area (Å²) in [6.07, 6.45) is 3.37. The Balaban J connectivity index is 2.56. The zero-order valence-corrected chi connectivity index (χ0v) is 9.04. The van der Waals surface area contributed by atoms with Crippen LogP contribution in [0.4, 0.5) is 0 Å². The average Bonchev–Trinajstić information content (AvgIpc) is 2.52. The predicted molar refractivity (Wildman–Crippen MR) is 56.7 cm³/mol. The quantitative estimate of drug-likeness (QED) is 0.778. The molecule has 0 saturated heterocycles. The molecule has 0 spiro atoms. The van der Waals surface area contributed by atoms with Gasteiger partial charge in [-0.1, -0.05) is 19.9 Å². The van der Waals surface area contributed by atoms with Crippen LogP contribution >= 0.6 is 11.3 Å². The third-order valence-corrected chi connectivity index (χ3v) is 2.60. The molecule has 1 heterocycles. The van der Waals surface area contributed by atoms with E-state index in [4.69, 9.17) is 5.11 Å². The van der Waals surface area contributed by atoms with Gasteiger partial charge in [-0.15, -0.1) is 11.3 Å². The molecule has 0 amide bonds. The first-order valence-corrected chi connectivity index (χ1v) is 5.31. The molecule has 0 unspecified atom stereocenters. The van der Waals surface area contributed by atoms with Gasteiger partial charge >= 0.3 is 5.97 Å². The van der Waals surface area contributed by atoms with Crippen molar-refractivity contribution in [2.24, 2.45) is 0 Å². The Bertz CT molecular complexity index is 342. The van der Waals surface area contributed by atoms with E-state index in [1.165, 1.54) is 0 Å². The first kappa shape index (κ1) is 10.9. The van der Waals surface area contributed by atoms with Gasteiger partial charge in [0.05, 0.1) is 10.7 Å². The summed E-state index contributed by atoms with van der Waals surface area (Å²) in [5, 5.41) is 11.4. The molecule has 4 heteroatoms. The molecule has 76 valence electrons. The number of nitrogens with zero attached hydrogens (tertiary/aromatic N) is 1. The van der Waals surface area contributed by atoms with Crippen molar-refractivity contribution in [2.45, 2.75) is 26.2 Å². The highest BCUT2D eigenvalue weighted by atomic mass is 32.1. The van der Waals surface area contributed by atoms with Crippen molar-refractivity contribution in [1.29, 1.82) is 0 Å². The summed E-state index contributed by atoms with van der Waals surface area (Å²) in [5.74, 6) is -0.478. The fourth-order valence-electron chi connectivity index (χ4n) is 0.945. The van der Waals surface area contributed by atoms with Crippen molar-refractivity contribution in [3.8, 4) is 0 Å². The normalized spacial score (nSPS) is 11.4. The SMILES string of the molecule is CC(C)c1csc(C/C=C/C(=O)O)n1. The van der Waals surface area contributed by atoms with E-state index >= 15 is 0 Å². The van der Waals surface area contributed by atoms with Crippen molar-refractivity contribution >= 4 is 17.3 Å². The number of hydrogen-bond acceptors (Lipinski definition) is 3. The van der Waals surface area contributed by atoms with E-state index in [0.717, 1.165) is 16.8 Å². The molecule has 0 aliphatic heterocycles. The topological polar surface area (TPSA) is 50.2 Å². The van der Waals surface area contributed by atoms with E-state index in [-0.39, 0.29) is 0 Å². The summed E-state index contributed by atoms with van der Waals surface area (Å²) < 4.78 is 0. The van der Waals surface area contributed by atoms with Gasteiger partial charge < -0.3 is 5.11 Å². The van der Waals surface area contributed by atoms with Crippen molar-refractivity contribution in [3.05, 3.63) is 28.2 Å². The first-order valence-electron chi connectivity index (χ1n) is 4.43. The van der Waals surface area contributed by atoms with Crippen LogP contribution in [0.15, 0.2) is 17.5 Å². The smallest absolute Gasteiger partial charge is 0.327 e. The lowest BCUT2D eigenvalue weighted by Gasteiger charge is -1.96. The average molecular weight is 211 g/mol. The van der Waals surface area contributed by atoms with Crippen molar-refractivity contribution in [2.75, 3.05) is 0 Å². The molecular weight excluding hydrogens is 198 g/mol. The van der Waals surface area contributed by atoms with Crippen LogP contribution < -0.4 is 0 Å². The van der Waals surface area contributed by atoms with Crippen LogP contribution in [0, 0.1) is 0 Å². The van der Waals surface area contributed by atoms with Crippen LogP contribution in [0.5, 0.6) is 0 Å². The predicted octanol–water partition coefficient (Wildman–Crippen LogP) is 2.45. The van der Waals surface area contributed by atoms with Gasteiger partial charge in [-0.2, -0.15) is 0 Å². The minimum absolute atomic E-state index is 0.434. The number of carboxylic acids is 1. The van der Waals surface area contributed by atoms with Gasteiger partial charge in [0.15, 0.2) is 0 Å². The van der Waals surface area contributed by atoms with Crippen molar-refractivity contribution in [3.63, 3.8) is 0 Å². The van der Waals surface area contributed by atoms with Gasteiger partial charge in [-0.25, -0.2) is 9.78 Å². The van der Waals surface area contributed by atoms with E-state index < -0.39 is 5.97 Å². The lowest BCUT2D eigenvalue weighted by molar-refractivity contribution is -0.131. The molecule has 0 aliphatic rings. The second kappa shape index (κ2) is 4.91.